The van der Waals surface area contributed by atoms with E-state index >= 15 is 0 Å². The minimum atomic E-state index is -3.34. The molecule has 3 heterocycles. The predicted octanol–water partition coefficient (Wildman–Crippen LogP) is 4.64. The van der Waals surface area contributed by atoms with Crippen molar-refractivity contribution in [2.75, 3.05) is 12.9 Å². The first-order chi connectivity index (χ1) is 14.5. The van der Waals surface area contributed by atoms with Crippen molar-refractivity contribution in [3.8, 4) is 22.6 Å². The zero-order valence-corrected chi connectivity index (χ0v) is 22.4. The monoisotopic (exact) mass is 570 g/mol. The molecule has 0 N–H and O–H groups in total. The van der Waals surface area contributed by atoms with Crippen molar-refractivity contribution >= 4 is 40.5 Å². The average Bonchev–Trinajstić information content (AvgIpc) is 2.98. The third-order valence-electron chi connectivity index (χ3n) is 4.75. The van der Waals surface area contributed by atoms with E-state index in [1.54, 1.807) is 18.5 Å². The molecular weight excluding hydrogens is 543 g/mol. The molecule has 0 unspecified atom stereocenters. The second kappa shape index (κ2) is 9.47. The number of halogens is 1. The molecule has 0 saturated carbocycles. The maximum Gasteiger partial charge on any atom is 0.177 e. The lowest BCUT2D eigenvalue weighted by atomic mass is 10.1. The molecule has 166 valence electrons. The molecule has 0 atom stereocenters. The molecule has 0 bridgehead atoms. The Bertz CT molecular complexity index is 1190. The molecule has 0 aromatic carbocycles. The molecule has 10 heteroatoms. The number of rotatable bonds is 8. The van der Waals surface area contributed by atoms with Gasteiger partial charge in [-0.05, 0) is 59.3 Å². The van der Waals surface area contributed by atoms with E-state index in [1.165, 1.54) is 12.5 Å². The Morgan fingerprint density at radius 3 is 2.58 bits per heavy atom. The topological polar surface area (TPSA) is 87.0 Å². The third kappa shape index (κ3) is 6.21. The number of aryl methyl sites for hydroxylation is 1. The van der Waals surface area contributed by atoms with E-state index < -0.39 is 17.9 Å². The fourth-order valence-corrected chi connectivity index (χ4v) is 4.75. The van der Waals surface area contributed by atoms with Gasteiger partial charge in [0.15, 0.2) is 15.7 Å². The highest BCUT2D eigenvalue weighted by atomic mass is 127. The molecule has 0 saturated heterocycles. The average molecular weight is 571 g/mol. The van der Waals surface area contributed by atoms with Crippen LogP contribution in [0, 0.1) is 10.6 Å². The zero-order chi connectivity index (χ0) is 22.8. The molecule has 0 amide bonds. The minimum absolute atomic E-state index is 0.186. The third-order valence-corrected chi connectivity index (χ3v) is 8.89. The molecule has 0 spiro atoms. The van der Waals surface area contributed by atoms with Gasteiger partial charge in [-0.15, -0.1) is 0 Å². The van der Waals surface area contributed by atoms with Gasteiger partial charge in [-0.2, -0.15) is 0 Å². The Hall–Kier alpha value is -1.63. The first kappa shape index (κ1) is 24.0. The van der Waals surface area contributed by atoms with Crippen LogP contribution in [0.1, 0.15) is 5.69 Å². The molecule has 3 aromatic rings. The van der Waals surface area contributed by atoms with Gasteiger partial charge in [-0.1, -0.05) is 19.6 Å². The summed E-state index contributed by atoms with van der Waals surface area (Å²) in [6.45, 7) is 10.1. The lowest BCUT2D eigenvalue weighted by molar-refractivity contribution is 0.0866. The van der Waals surface area contributed by atoms with Gasteiger partial charge in [0.1, 0.15) is 16.1 Å². The summed E-state index contributed by atoms with van der Waals surface area (Å²) >= 11 is 2.28. The van der Waals surface area contributed by atoms with Gasteiger partial charge in [-0.3, -0.25) is 14.5 Å². The molecule has 0 radical (unpaired) electrons. The van der Waals surface area contributed by atoms with Crippen LogP contribution in [0.2, 0.25) is 25.7 Å². The van der Waals surface area contributed by atoms with Gasteiger partial charge >= 0.3 is 0 Å². The highest BCUT2D eigenvalue weighted by Gasteiger charge is 2.17. The lowest BCUT2D eigenvalue weighted by Crippen LogP contribution is -2.22. The van der Waals surface area contributed by atoms with E-state index in [1.807, 2.05) is 23.6 Å². The summed E-state index contributed by atoms with van der Waals surface area (Å²) in [5.41, 5.74) is 3.15. The number of pyridine rings is 2. The number of hydrogen-bond donors (Lipinski definition) is 0. The molecular formula is C21H27IN4O3SSi. The van der Waals surface area contributed by atoms with Crippen LogP contribution in [-0.2, 0) is 21.3 Å². The van der Waals surface area contributed by atoms with E-state index in [9.17, 15) is 8.42 Å². The van der Waals surface area contributed by atoms with Crippen molar-refractivity contribution in [3.05, 3.63) is 46.2 Å². The number of hydrogen-bond acceptors (Lipinski definition) is 6. The van der Waals surface area contributed by atoms with Gasteiger partial charge in [0, 0.05) is 45.1 Å². The fraction of sp³-hybridized carbons (Fsp3) is 0.381. The number of nitrogens with zero attached hydrogens (tertiary/aromatic N) is 4. The molecule has 0 fully saturated rings. The van der Waals surface area contributed by atoms with Crippen molar-refractivity contribution in [2.24, 2.45) is 0 Å². The Morgan fingerprint density at radius 1 is 1.16 bits per heavy atom. The van der Waals surface area contributed by atoms with Crippen molar-refractivity contribution in [2.45, 2.75) is 44.2 Å². The summed E-state index contributed by atoms with van der Waals surface area (Å²) in [6, 6.07) is 6.47. The summed E-state index contributed by atoms with van der Waals surface area (Å²) in [6.07, 6.45) is 5.88. The van der Waals surface area contributed by atoms with Crippen molar-refractivity contribution in [3.63, 3.8) is 0 Å². The molecule has 3 rings (SSSR count). The normalized spacial score (nSPS) is 12.3. The summed E-state index contributed by atoms with van der Waals surface area (Å²) in [5.74, 6) is 0.726. The smallest absolute Gasteiger partial charge is 0.177 e. The molecule has 0 aliphatic carbocycles. The number of aromatic nitrogens is 4. The van der Waals surface area contributed by atoms with Crippen LogP contribution < -0.4 is 0 Å². The highest BCUT2D eigenvalue weighted by Crippen LogP contribution is 2.27. The SMILES string of the molecule is Cc1nc(-c2cc(-c3cncc(S(C)(=O)=O)c3)ccn2)n(COCC[Si](C)(C)C)c1I. The van der Waals surface area contributed by atoms with Crippen molar-refractivity contribution in [1.29, 1.82) is 0 Å². The van der Waals surface area contributed by atoms with Crippen LogP contribution in [-0.4, -0.2) is 48.9 Å². The van der Waals surface area contributed by atoms with Crippen LogP contribution in [0.5, 0.6) is 0 Å². The number of sulfone groups is 1. The maximum absolute atomic E-state index is 11.9. The van der Waals surface area contributed by atoms with Gasteiger partial charge in [0.25, 0.3) is 0 Å². The summed E-state index contributed by atoms with van der Waals surface area (Å²) in [5, 5.41) is 0. The largest absolute Gasteiger partial charge is 0.361 e. The summed E-state index contributed by atoms with van der Waals surface area (Å²) in [4.78, 5) is 13.5. The van der Waals surface area contributed by atoms with Crippen LogP contribution >= 0.6 is 22.6 Å². The van der Waals surface area contributed by atoms with Gasteiger partial charge in [0.2, 0.25) is 0 Å². The maximum atomic E-state index is 11.9. The van der Waals surface area contributed by atoms with Crippen LogP contribution in [0.3, 0.4) is 0 Å². The van der Waals surface area contributed by atoms with E-state index in [0.717, 1.165) is 33.4 Å². The van der Waals surface area contributed by atoms with E-state index in [-0.39, 0.29) is 4.90 Å². The molecule has 3 aromatic heterocycles. The fourth-order valence-electron chi connectivity index (χ4n) is 2.91. The second-order valence-electron chi connectivity index (χ2n) is 8.70. The van der Waals surface area contributed by atoms with Crippen LogP contribution in [0.4, 0.5) is 0 Å². The Morgan fingerprint density at radius 2 is 1.90 bits per heavy atom. The first-order valence-corrected chi connectivity index (χ1v) is 16.6. The Labute approximate surface area is 198 Å². The second-order valence-corrected chi connectivity index (χ2v) is 17.4. The van der Waals surface area contributed by atoms with Gasteiger partial charge in [-0.25, -0.2) is 13.4 Å². The van der Waals surface area contributed by atoms with Crippen molar-refractivity contribution < 1.29 is 13.2 Å². The molecule has 7 nitrogen and oxygen atoms in total. The standard InChI is InChI=1S/C21H27IN4O3SSi/c1-15-20(22)26(14-29-8-9-31(3,4)5)21(25-15)19-11-16(6-7-24-19)17-10-18(13-23-12-17)30(2,27)28/h6-7,10-13H,8-9,14H2,1-5H3. The lowest BCUT2D eigenvalue weighted by Gasteiger charge is -2.16. The number of imidazole rings is 1. The molecule has 0 aliphatic heterocycles. The van der Waals surface area contributed by atoms with Crippen LogP contribution in [0.25, 0.3) is 22.6 Å². The van der Waals surface area contributed by atoms with Gasteiger partial charge < -0.3 is 4.74 Å². The van der Waals surface area contributed by atoms with E-state index in [0.29, 0.717) is 18.0 Å². The number of ether oxygens (including phenoxy) is 1. The quantitative estimate of drug-likeness (QED) is 0.223. The minimum Gasteiger partial charge on any atom is -0.361 e. The Kier molecular flexibility index (Phi) is 7.34. The summed E-state index contributed by atoms with van der Waals surface area (Å²) in [7, 11) is -4.49. The predicted molar refractivity (Wildman–Crippen MR) is 133 cm³/mol. The Balaban J connectivity index is 1.92. The van der Waals surface area contributed by atoms with Gasteiger partial charge in [0.05, 0.1) is 10.6 Å². The first-order valence-electron chi connectivity index (χ1n) is 9.88. The van der Waals surface area contributed by atoms with Crippen LogP contribution in [0.15, 0.2) is 41.7 Å². The van der Waals surface area contributed by atoms with E-state index in [2.05, 4.69) is 52.2 Å². The molecule has 0 aliphatic rings. The highest BCUT2D eigenvalue weighted by molar-refractivity contribution is 14.1. The zero-order valence-electron chi connectivity index (χ0n) is 18.4. The van der Waals surface area contributed by atoms with E-state index in [4.69, 9.17) is 9.72 Å². The summed E-state index contributed by atoms with van der Waals surface area (Å²) < 4.78 is 32.8. The molecule has 31 heavy (non-hydrogen) atoms. The van der Waals surface area contributed by atoms with Crippen molar-refractivity contribution in [1.82, 2.24) is 19.5 Å².